The molecule has 0 radical (unpaired) electrons. The summed E-state index contributed by atoms with van der Waals surface area (Å²) in [6, 6.07) is 63.1. The zero-order valence-electron chi connectivity index (χ0n) is 44.9. The molecule has 360 valence electrons. The van der Waals surface area contributed by atoms with E-state index in [-0.39, 0.29) is 0 Å². The SMILES string of the molecule is Cc1ccc(N2c3ccccc3C(c3cccc(N(c4cc(C)c(C)c(C)c4)c4cc(C)c(C)c(C)c4)c3)(c3cccc(N(c4cc(C)c(C)c(C)c4)c4cc(C)c(C)c(C)c4)c3)c3cc(C)ccc32)cc1. The molecular weight excluding hydrogens is 871 g/mol. The smallest absolute Gasteiger partial charge is 0.0743 e. The third-order valence-electron chi connectivity index (χ3n) is 16.4. The van der Waals surface area contributed by atoms with Gasteiger partial charge in [-0.15, -0.1) is 0 Å². The van der Waals surface area contributed by atoms with Gasteiger partial charge in [-0.1, -0.05) is 77.9 Å². The van der Waals surface area contributed by atoms with E-state index in [4.69, 9.17) is 0 Å². The lowest BCUT2D eigenvalue weighted by atomic mass is 9.62. The summed E-state index contributed by atoms with van der Waals surface area (Å²) in [4.78, 5) is 7.46. The molecule has 0 unspecified atom stereocenters. The van der Waals surface area contributed by atoms with Crippen LogP contribution in [0.15, 0.2) is 164 Å². The average Bonchev–Trinajstić information content (AvgIpc) is 3.35. The minimum atomic E-state index is -0.779. The average molecular weight is 940 g/mol. The first-order valence-corrected chi connectivity index (χ1v) is 25.7. The van der Waals surface area contributed by atoms with Crippen LogP contribution in [0.4, 0.5) is 51.2 Å². The molecule has 10 rings (SSSR count). The molecule has 1 aliphatic heterocycles. The van der Waals surface area contributed by atoms with Crippen LogP contribution in [0.25, 0.3) is 0 Å². The Morgan fingerprint density at radius 3 is 1.06 bits per heavy atom. The summed E-state index contributed by atoms with van der Waals surface area (Å²) in [7, 11) is 0. The molecule has 9 aromatic carbocycles. The molecule has 0 aliphatic carbocycles. The molecule has 1 aliphatic rings. The zero-order valence-corrected chi connectivity index (χ0v) is 44.9. The van der Waals surface area contributed by atoms with E-state index >= 15 is 0 Å². The maximum Gasteiger partial charge on any atom is 0.0743 e. The maximum absolute atomic E-state index is 2.49. The quantitative estimate of drug-likeness (QED) is 0.143. The van der Waals surface area contributed by atoms with Crippen molar-refractivity contribution in [2.75, 3.05) is 14.7 Å². The highest BCUT2D eigenvalue weighted by Crippen LogP contribution is 2.59. The van der Waals surface area contributed by atoms with Gasteiger partial charge in [0.05, 0.1) is 16.8 Å². The van der Waals surface area contributed by atoms with Gasteiger partial charge < -0.3 is 14.7 Å². The summed E-state index contributed by atoms with van der Waals surface area (Å²) in [5, 5.41) is 0. The second-order valence-electron chi connectivity index (χ2n) is 21.0. The van der Waals surface area contributed by atoms with Crippen molar-refractivity contribution in [3.63, 3.8) is 0 Å². The first-order chi connectivity index (χ1) is 34.5. The molecule has 0 saturated heterocycles. The Balaban J connectivity index is 1.32. The van der Waals surface area contributed by atoms with Crippen LogP contribution < -0.4 is 14.7 Å². The molecule has 3 nitrogen and oxygen atoms in total. The van der Waals surface area contributed by atoms with Crippen LogP contribution in [0.2, 0.25) is 0 Å². The van der Waals surface area contributed by atoms with Gasteiger partial charge in [0, 0.05) is 39.8 Å². The lowest BCUT2D eigenvalue weighted by molar-refractivity contribution is 0.730. The summed E-state index contributed by atoms with van der Waals surface area (Å²) >= 11 is 0. The maximum atomic E-state index is 2.49. The first kappa shape index (κ1) is 48.0. The van der Waals surface area contributed by atoms with Crippen LogP contribution in [0.3, 0.4) is 0 Å². The number of anilines is 9. The van der Waals surface area contributed by atoms with E-state index in [1.165, 1.54) is 100 Å². The number of para-hydroxylation sites is 1. The second kappa shape index (κ2) is 18.5. The highest BCUT2D eigenvalue weighted by molar-refractivity contribution is 5.91. The third kappa shape index (κ3) is 8.10. The molecule has 0 spiro atoms. The minimum absolute atomic E-state index is 0.779. The van der Waals surface area contributed by atoms with Crippen molar-refractivity contribution in [3.8, 4) is 0 Å². The second-order valence-corrected chi connectivity index (χ2v) is 21.0. The van der Waals surface area contributed by atoms with Gasteiger partial charge in [-0.05, 0) is 283 Å². The van der Waals surface area contributed by atoms with Crippen molar-refractivity contribution in [2.24, 2.45) is 0 Å². The Morgan fingerprint density at radius 2 is 0.653 bits per heavy atom. The minimum Gasteiger partial charge on any atom is -0.310 e. The highest BCUT2D eigenvalue weighted by Gasteiger charge is 2.47. The number of fused-ring (bicyclic) bond motifs is 2. The van der Waals surface area contributed by atoms with Crippen LogP contribution in [0, 0.1) is 96.9 Å². The third-order valence-corrected chi connectivity index (χ3v) is 16.4. The topological polar surface area (TPSA) is 9.72 Å². The van der Waals surface area contributed by atoms with Crippen LogP contribution in [0.1, 0.15) is 100 Å². The molecule has 0 N–H and O–H groups in total. The Labute approximate surface area is 430 Å². The van der Waals surface area contributed by atoms with Gasteiger partial charge in [-0.25, -0.2) is 0 Å². The normalized spacial score (nSPS) is 12.7. The van der Waals surface area contributed by atoms with Crippen molar-refractivity contribution >= 4 is 51.2 Å². The molecule has 0 amide bonds. The van der Waals surface area contributed by atoms with E-state index in [2.05, 4.69) is 275 Å². The van der Waals surface area contributed by atoms with Gasteiger partial charge in [0.25, 0.3) is 0 Å². The van der Waals surface area contributed by atoms with E-state index in [9.17, 15) is 0 Å². The molecule has 72 heavy (non-hydrogen) atoms. The number of hydrogen-bond acceptors (Lipinski definition) is 3. The molecule has 0 bridgehead atoms. The molecule has 0 aromatic heterocycles. The van der Waals surface area contributed by atoms with E-state index in [1.807, 2.05) is 0 Å². The van der Waals surface area contributed by atoms with Gasteiger partial charge in [0.2, 0.25) is 0 Å². The molecule has 0 atom stereocenters. The predicted molar refractivity (Wildman–Crippen MR) is 309 cm³/mol. The van der Waals surface area contributed by atoms with Gasteiger partial charge in [0.15, 0.2) is 0 Å². The van der Waals surface area contributed by atoms with Crippen LogP contribution in [-0.2, 0) is 5.41 Å². The summed E-state index contributed by atoms with van der Waals surface area (Å²) in [5.41, 5.74) is 32.4. The molecule has 9 aromatic rings. The fourth-order valence-electron chi connectivity index (χ4n) is 11.4. The Kier molecular flexibility index (Phi) is 12.4. The van der Waals surface area contributed by atoms with Crippen molar-refractivity contribution < 1.29 is 0 Å². The van der Waals surface area contributed by atoms with Gasteiger partial charge >= 0.3 is 0 Å². The van der Waals surface area contributed by atoms with Crippen molar-refractivity contribution in [1.82, 2.24) is 0 Å². The lowest BCUT2D eigenvalue weighted by Crippen LogP contribution is -2.38. The number of nitrogens with zero attached hydrogens (tertiary/aromatic N) is 3. The Bertz CT molecular complexity index is 3220. The number of hydrogen-bond donors (Lipinski definition) is 0. The summed E-state index contributed by atoms with van der Waals surface area (Å²) < 4.78 is 0. The van der Waals surface area contributed by atoms with Gasteiger partial charge in [-0.2, -0.15) is 0 Å². The number of aryl methyl sites for hydroxylation is 10. The predicted octanol–water partition coefficient (Wildman–Crippen LogP) is 19.1. The summed E-state index contributed by atoms with van der Waals surface area (Å²) in [6.07, 6.45) is 0. The van der Waals surface area contributed by atoms with E-state index in [0.29, 0.717) is 0 Å². The fraction of sp³-hybridized carbons (Fsp3) is 0.217. The molecule has 0 fully saturated rings. The van der Waals surface area contributed by atoms with Gasteiger partial charge in [0.1, 0.15) is 0 Å². The molecule has 1 heterocycles. The molecule has 0 saturated carbocycles. The van der Waals surface area contributed by atoms with Gasteiger partial charge in [-0.3, -0.25) is 0 Å². The Morgan fingerprint density at radius 1 is 0.292 bits per heavy atom. The molecular formula is C69H69N3. The van der Waals surface area contributed by atoms with Crippen molar-refractivity contribution in [1.29, 1.82) is 0 Å². The standard InChI is InChI=1S/C69H69N3/c1-42-25-28-58(29-26-42)72-67-24-16-15-23-65(67)69(66-31-43(2)27-30-68(66)72,56-19-17-21-59(40-56)70(61-32-44(3)52(11)45(4)33-61)62-34-46(5)53(12)47(6)35-62)57-20-18-22-60(41-57)71(63-36-48(7)54(13)49(8)37-63)64-38-50(9)55(14)51(10)39-64/h15-41H,1-14H3. The molecule has 3 heteroatoms. The largest absolute Gasteiger partial charge is 0.310 e. The summed E-state index contributed by atoms with van der Waals surface area (Å²) in [5.74, 6) is 0. The monoisotopic (exact) mass is 940 g/mol. The Hall–Kier alpha value is -7.62. The number of rotatable bonds is 9. The fourth-order valence-corrected chi connectivity index (χ4v) is 11.4. The van der Waals surface area contributed by atoms with E-state index in [1.54, 1.807) is 0 Å². The van der Waals surface area contributed by atoms with Crippen LogP contribution in [-0.4, -0.2) is 0 Å². The summed E-state index contributed by atoms with van der Waals surface area (Å²) in [6.45, 7) is 31.3. The number of benzene rings is 9. The first-order valence-electron chi connectivity index (χ1n) is 25.7. The van der Waals surface area contributed by atoms with Crippen LogP contribution >= 0.6 is 0 Å². The van der Waals surface area contributed by atoms with E-state index in [0.717, 1.165) is 51.2 Å². The van der Waals surface area contributed by atoms with Crippen molar-refractivity contribution in [2.45, 2.75) is 102 Å². The zero-order chi connectivity index (χ0) is 50.9. The lowest BCUT2D eigenvalue weighted by Gasteiger charge is -2.47. The van der Waals surface area contributed by atoms with E-state index < -0.39 is 5.41 Å². The highest BCUT2D eigenvalue weighted by atomic mass is 15.2. The van der Waals surface area contributed by atoms with Crippen LogP contribution in [0.5, 0.6) is 0 Å². The van der Waals surface area contributed by atoms with Crippen molar-refractivity contribution in [3.05, 3.63) is 264 Å².